The number of carbonyl (C=O) groups excluding carboxylic acids is 2. The van der Waals surface area contributed by atoms with Gasteiger partial charge in [0.05, 0.1) is 35.7 Å². The lowest BCUT2D eigenvalue weighted by Crippen LogP contribution is -2.62. The molecule has 0 aromatic heterocycles. The van der Waals surface area contributed by atoms with Gasteiger partial charge >= 0.3 is 0 Å². The fourth-order valence-corrected chi connectivity index (χ4v) is 8.84. The molecule has 3 aliphatic heterocycles. The molecule has 6 rings (SSSR count). The van der Waals surface area contributed by atoms with Crippen molar-refractivity contribution in [2.75, 3.05) is 37.7 Å². The molecule has 2 amide bonds. The molecule has 1 saturated carbocycles. The zero-order chi connectivity index (χ0) is 34.9. The maximum absolute atomic E-state index is 13.5. The number of aryl methyl sites for hydroxylation is 1. The molecule has 2 aromatic carbocycles. The Morgan fingerprint density at radius 2 is 1.92 bits per heavy atom. The molecule has 0 radical (unpaired) electrons. The number of hydrogen-bond acceptors (Lipinski definition) is 8. The number of fused-ring (bicyclic) bond motifs is 3. The van der Waals surface area contributed by atoms with Crippen molar-refractivity contribution in [2.24, 2.45) is 17.8 Å². The number of allylic oxidation sites excluding steroid dienone is 1. The Morgan fingerprint density at radius 3 is 2.65 bits per heavy atom. The van der Waals surface area contributed by atoms with Gasteiger partial charge in [-0.3, -0.25) is 9.59 Å². The number of ether oxygens (including phenoxy) is 2. The normalized spacial score (nSPS) is 29.0. The minimum atomic E-state index is -3.99. The maximum Gasteiger partial charge on any atom is 0.264 e. The molecule has 0 spiro atoms. The minimum Gasteiger partial charge on any atom is -0.487 e. The summed E-state index contributed by atoms with van der Waals surface area (Å²) in [6.45, 7) is 7.40. The first-order valence-corrected chi connectivity index (χ1v) is 19.4. The van der Waals surface area contributed by atoms with Crippen molar-refractivity contribution in [3.63, 3.8) is 0 Å². The maximum atomic E-state index is 13.5. The molecule has 266 valence electrons. The van der Waals surface area contributed by atoms with Gasteiger partial charge in [-0.15, -0.1) is 0 Å². The summed E-state index contributed by atoms with van der Waals surface area (Å²) in [5, 5.41) is 9.98. The van der Waals surface area contributed by atoms with E-state index >= 15 is 0 Å². The second-order valence-electron chi connectivity index (χ2n) is 14.6. The Labute approximate surface area is 294 Å². The van der Waals surface area contributed by atoms with Crippen LogP contribution in [0.15, 0.2) is 48.6 Å². The van der Waals surface area contributed by atoms with Crippen molar-refractivity contribution >= 4 is 39.1 Å². The quantitative estimate of drug-likeness (QED) is 0.421. The summed E-state index contributed by atoms with van der Waals surface area (Å²) in [4.78, 5) is 30.3. The Morgan fingerprint density at radius 1 is 1.12 bits per heavy atom. The Kier molecular flexibility index (Phi) is 10.7. The van der Waals surface area contributed by atoms with E-state index in [1.807, 2.05) is 37.3 Å². The zero-order valence-corrected chi connectivity index (χ0v) is 30.1. The lowest BCUT2D eigenvalue weighted by Gasteiger charge is -2.45. The molecule has 0 unspecified atom stereocenters. The highest BCUT2D eigenvalue weighted by Crippen LogP contribution is 2.42. The lowest BCUT2D eigenvalue weighted by atomic mass is 9.70. The molecule has 49 heavy (non-hydrogen) atoms. The van der Waals surface area contributed by atoms with E-state index in [1.54, 1.807) is 36.9 Å². The highest BCUT2D eigenvalue weighted by atomic mass is 35.5. The first-order chi connectivity index (χ1) is 23.3. The molecule has 1 saturated heterocycles. The van der Waals surface area contributed by atoms with Crippen molar-refractivity contribution in [1.29, 1.82) is 0 Å². The van der Waals surface area contributed by atoms with E-state index in [0.717, 1.165) is 48.9 Å². The predicted octanol–water partition coefficient (Wildman–Crippen LogP) is 5.11. The summed E-state index contributed by atoms with van der Waals surface area (Å²) in [7, 11) is -3.99. The van der Waals surface area contributed by atoms with Gasteiger partial charge in [-0.25, -0.2) is 13.1 Å². The van der Waals surface area contributed by atoms with Crippen LogP contribution in [0.2, 0.25) is 5.02 Å². The van der Waals surface area contributed by atoms with E-state index in [0.29, 0.717) is 50.0 Å². The third kappa shape index (κ3) is 8.27. The average molecular weight is 714 g/mol. The molecule has 5 atom stereocenters. The smallest absolute Gasteiger partial charge is 0.264 e. The topological polar surface area (TPSA) is 125 Å². The number of nitrogens with zero attached hydrogens (tertiary/aromatic N) is 2. The summed E-state index contributed by atoms with van der Waals surface area (Å²) in [5.41, 5.74) is 2.34. The number of likely N-dealkylation sites (tertiary alicyclic amines) is 1. The molecule has 4 aliphatic rings. The number of anilines is 1. The van der Waals surface area contributed by atoms with Gasteiger partial charge in [0.2, 0.25) is 15.9 Å². The summed E-state index contributed by atoms with van der Waals surface area (Å²) in [6.07, 6.45) is 8.67. The summed E-state index contributed by atoms with van der Waals surface area (Å²) >= 11 is 6.35. The number of halogens is 1. The molecule has 2 aromatic rings. The SMILES string of the molecule is C[C@@H]1[C@@H](C)C/C=C/[C@H](OCC(=O)N2CC(C)(O)C2)[C@@H]2CC[C@H]2CN2CCCCc3cc(Cl)ccc3COc3ccc(cc32)C(=O)NS1(=O)=O. The van der Waals surface area contributed by atoms with Crippen LogP contribution < -0.4 is 14.4 Å². The number of aliphatic hydroxyl groups is 1. The van der Waals surface area contributed by atoms with Crippen LogP contribution in [-0.4, -0.2) is 80.0 Å². The van der Waals surface area contributed by atoms with Gasteiger partial charge in [0.15, 0.2) is 0 Å². The second kappa shape index (κ2) is 14.6. The molecule has 10 nitrogen and oxygen atoms in total. The van der Waals surface area contributed by atoms with Crippen molar-refractivity contribution in [2.45, 2.75) is 82.9 Å². The number of sulfonamides is 1. The summed E-state index contributed by atoms with van der Waals surface area (Å²) in [5.74, 6) is -0.0860. The van der Waals surface area contributed by atoms with Crippen LogP contribution >= 0.6 is 11.6 Å². The van der Waals surface area contributed by atoms with Crippen molar-refractivity contribution < 1.29 is 32.6 Å². The fourth-order valence-electron chi connectivity index (χ4n) is 7.36. The number of β-amino-alcohol motifs (C(OH)–C–C–N with tert-alkyl or cyclic N) is 1. The van der Waals surface area contributed by atoms with E-state index in [2.05, 4.69) is 9.62 Å². The third-order valence-electron chi connectivity index (χ3n) is 10.8. The van der Waals surface area contributed by atoms with Crippen LogP contribution in [-0.2, 0) is 32.6 Å². The summed E-state index contributed by atoms with van der Waals surface area (Å²) in [6, 6.07) is 11.0. The van der Waals surface area contributed by atoms with Gasteiger partial charge in [0.1, 0.15) is 19.0 Å². The third-order valence-corrected chi connectivity index (χ3v) is 12.9. The van der Waals surface area contributed by atoms with Gasteiger partial charge in [-0.1, -0.05) is 36.7 Å². The van der Waals surface area contributed by atoms with Crippen LogP contribution in [0.25, 0.3) is 0 Å². The van der Waals surface area contributed by atoms with Crippen molar-refractivity contribution in [1.82, 2.24) is 9.62 Å². The van der Waals surface area contributed by atoms with Gasteiger partial charge < -0.3 is 24.4 Å². The van der Waals surface area contributed by atoms with Crippen molar-refractivity contribution in [3.8, 4) is 5.75 Å². The first-order valence-electron chi connectivity index (χ1n) is 17.4. The van der Waals surface area contributed by atoms with E-state index in [9.17, 15) is 23.1 Å². The minimum absolute atomic E-state index is 0.0883. The molecule has 2 N–H and O–H groups in total. The fraction of sp³-hybridized carbons (Fsp3) is 0.568. The van der Waals surface area contributed by atoms with Crippen LogP contribution in [0.3, 0.4) is 0 Å². The van der Waals surface area contributed by atoms with Crippen LogP contribution in [0.1, 0.15) is 74.4 Å². The zero-order valence-electron chi connectivity index (χ0n) is 28.6. The average Bonchev–Trinajstić information content (AvgIpc) is 3.06. The summed E-state index contributed by atoms with van der Waals surface area (Å²) < 4.78 is 41.9. The number of rotatable bonds is 3. The molecule has 3 heterocycles. The van der Waals surface area contributed by atoms with Crippen LogP contribution in [0.4, 0.5) is 5.69 Å². The number of amides is 2. The molecule has 1 aliphatic carbocycles. The van der Waals surface area contributed by atoms with E-state index < -0.39 is 26.8 Å². The van der Waals surface area contributed by atoms with E-state index in [4.69, 9.17) is 21.1 Å². The van der Waals surface area contributed by atoms with Crippen molar-refractivity contribution in [3.05, 3.63) is 70.3 Å². The van der Waals surface area contributed by atoms with Gasteiger partial charge in [0.25, 0.3) is 5.91 Å². The molecular weight excluding hydrogens is 666 g/mol. The number of benzene rings is 2. The Balaban J connectivity index is 1.32. The van der Waals surface area contributed by atoms with Gasteiger partial charge in [-0.2, -0.15) is 0 Å². The standard InChI is InChI=1S/C37H48ClN3O7S/c1-24-7-6-9-33(48-21-35(42)41-22-37(3,44)23-41)31-14-11-28(31)19-40-16-5-4-8-26-17-30(38)13-10-29(26)20-47-34-15-12-27(18-32(34)40)36(43)39-49(45,46)25(24)2/h6,9-10,12-13,15,17-18,24-25,28,31,33,44H,4-5,7-8,11,14,16,19-23H2,1-3H3,(H,39,43)/b9-6+/t24-,25+,28-,31+,33-/m0/s1. The Hall–Kier alpha value is -3.12. The monoisotopic (exact) mass is 713 g/mol. The number of carbonyl (C=O) groups is 2. The Bertz CT molecular complexity index is 1690. The largest absolute Gasteiger partial charge is 0.487 e. The van der Waals surface area contributed by atoms with Crippen LogP contribution in [0, 0.1) is 17.8 Å². The number of hydrogen-bond donors (Lipinski definition) is 2. The van der Waals surface area contributed by atoms with Crippen LogP contribution in [0.5, 0.6) is 5.75 Å². The van der Waals surface area contributed by atoms with Gasteiger partial charge in [0, 0.05) is 23.7 Å². The first kappa shape index (κ1) is 35.7. The molecule has 12 heteroatoms. The molecule has 2 fully saturated rings. The second-order valence-corrected chi connectivity index (χ2v) is 17.1. The van der Waals surface area contributed by atoms with E-state index in [-0.39, 0.29) is 41.9 Å². The number of nitrogens with one attached hydrogen (secondary N) is 1. The molecular formula is C37H48ClN3O7S. The lowest BCUT2D eigenvalue weighted by molar-refractivity contribution is -0.159. The predicted molar refractivity (Wildman–Crippen MR) is 189 cm³/mol. The highest BCUT2D eigenvalue weighted by molar-refractivity contribution is 7.90. The van der Waals surface area contributed by atoms with E-state index in [1.165, 1.54) is 0 Å². The highest BCUT2D eigenvalue weighted by Gasteiger charge is 2.41. The van der Waals surface area contributed by atoms with Gasteiger partial charge in [-0.05, 0) is 112 Å². The molecule has 2 bridgehead atoms.